The molecular weight excluding hydrogens is 172 g/mol. The van der Waals surface area contributed by atoms with Crippen molar-refractivity contribution < 1.29 is 9.09 Å². The third kappa shape index (κ3) is 5.24. The van der Waals surface area contributed by atoms with Gasteiger partial charge in [0, 0.05) is 13.7 Å². The molecule has 0 saturated heterocycles. The molecule has 0 aromatic heterocycles. The Balaban J connectivity index is 3.38. The van der Waals surface area contributed by atoms with E-state index >= 15 is 0 Å². The molecule has 0 fully saturated rings. The van der Waals surface area contributed by atoms with E-state index in [9.17, 15) is 4.57 Å². The molecular formula is C5H13ClNO2P. The first-order chi connectivity index (χ1) is 4.62. The molecule has 0 aliphatic carbocycles. The zero-order valence-corrected chi connectivity index (χ0v) is 7.91. The van der Waals surface area contributed by atoms with E-state index in [1.165, 1.54) is 7.11 Å². The van der Waals surface area contributed by atoms with Crippen molar-refractivity contribution in [1.82, 2.24) is 5.09 Å². The number of nitrogens with one attached hydrogen (secondary N) is 1. The SMILES string of the molecule is CCCCNP(=O)(Cl)OC. The zero-order chi connectivity index (χ0) is 8.04. The van der Waals surface area contributed by atoms with Gasteiger partial charge in [-0.1, -0.05) is 13.3 Å². The van der Waals surface area contributed by atoms with Gasteiger partial charge < -0.3 is 4.52 Å². The lowest BCUT2D eigenvalue weighted by Crippen LogP contribution is -2.09. The van der Waals surface area contributed by atoms with Crippen molar-refractivity contribution in [2.75, 3.05) is 13.7 Å². The van der Waals surface area contributed by atoms with Crippen LogP contribution in [0.15, 0.2) is 0 Å². The van der Waals surface area contributed by atoms with E-state index in [-0.39, 0.29) is 0 Å². The van der Waals surface area contributed by atoms with Crippen LogP contribution >= 0.6 is 18.1 Å². The van der Waals surface area contributed by atoms with E-state index in [0.717, 1.165) is 12.8 Å². The molecule has 0 aliphatic heterocycles. The minimum Gasteiger partial charge on any atom is -0.310 e. The van der Waals surface area contributed by atoms with Crippen LogP contribution in [-0.2, 0) is 9.09 Å². The van der Waals surface area contributed by atoms with Gasteiger partial charge in [-0.2, -0.15) is 0 Å². The second kappa shape index (κ2) is 5.14. The Bertz CT molecular complexity index is 131. The van der Waals surface area contributed by atoms with E-state index in [1.54, 1.807) is 0 Å². The van der Waals surface area contributed by atoms with Gasteiger partial charge in [-0.25, -0.2) is 5.09 Å². The zero-order valence-electron chi connectivity index (χ0n) is 6.26. The number of hydrogen-bond donors (Lipinski definition) is 1. The Morgan fingerprint density at radius 2 is 2.30 bits per heavy atom. The maximum Gasteiger partial charge on any atom is 0.360 e. The van der Waals surface area contributed by atoms with Gasteiger partial charge in [0.05, 0.1) is 0 Å². The molecule has 0 aromatic carbocycles. The summed E-state index contributed by atoms with van der Waals surface area (Å²) in [4.78, 5) is 0. The molecule has 0 spiro atoms. The van der Waals surface area contributed by atoms with Crippen molar-refractivity contribution in [3.63, 3.8) is 0 Å². The summed E-state index contributed by atoms with van der Waals surface area (Å²) < 4.78 is 15.4. The molecule has 1 atom stereocenters. The van der Waals surface area contributed by atoms with E-state index in [1.807, 2.05) is 6.92 Å². The molecule has 0 rings (SSSR count). The third-order valence-electron chi connectivity index (χ3n) is 1.07. The summed E-state index contributed by atoms with van der Waals surface area (Å²) in [5.41, 5.74) is 0. The summed E-state index contributed by atoms with van der Waals surface area (Å²) in [5, 5.41) is 2.61. The number of halogens is 1. The van der Waals surface area contributed by atoms with Crippen LogP contribution in [0.2, 0.25) is 0 Å². The van der Waals surface area contributed by atoms with Crippen LogP contribution in [0.3, 0.4) is 0 Å². The van der Waals surface area contributed by atoms with Gasteiger partial charge in [0.2, 0.25) is 0 Å². The highest BCUT2D eigenvalue weighted by molar-refractivity contribution is 7.83. The molecule has 0 aromatic rings. The van der Waals surface area contributed by atoms with Crippen LogP contribution in [0, 0.1) is 0 Å². The summed E-state index contributed by atoms with van der Waals surface area (Å²) in [7, 11) is 1.33. The minimum absolute atomic E-state index is 0.644. The van der Waals surface area contributed by atoms with Gasteiger partial charge in [0.1, 0.15) is 0 Å². The van der Waals surface area contributed by atoms with Crippen molar-refractivity contribution in [2.45, 2.75) is 19.8 Å². The first-order valence-corrected chi connectivity index (χ1v) is 5.76. The Hall–Kier alpha value is 0.440. The van der Waals surface area contributed by atoms with Gasteiger partial charge in [0.15, 0.2) is 0 Å². The fraction of sp³-hybridized carbons (Fsp3) is 1.00. The molecule has 0 heterocycles. The first-order valence-electron chi connectivity index (χ1n) is 3.23. The van der Waals surface area contributed by atoms with E-state index in [2.05, 4.69) is 9.61 Å². The maximum atomic E-state index is 10.9. The molecule has 0 aliphatic rings. The molecule has 10 heavy (non-hydrogen) atoms. The summed E-state index contributed by atoms with van der Waals surface area (Å²) in [5.74, 6) is 0. The fourth-order valence-corrected chi connectivity index (χ4v) is 1.26. The highest BCUT2D eigenvalue weighted by atomic mass is 35.7. The molecule has 1 N–H and O–H groups in total. The molecule has 62 valence electrons. The van der Waals surface area contributed by atoms with Crippen molar-refractivity contribution >= 4 is 18.1 Å². The Labute approximate surface area is 66.4 Å². The lowest BCUT2D eigenvalue weighted by molar-refractivity contribution is 0.397. The van der Waals surface area contributed by atoms with E-state index in [4.69, 9.17) is 11.2 Å². The van der Waals surface area contributed by atoms with Crippen molar-refractivity contribution in [1.29, 1.82) is 0 Å². The second-order valence-corrected chi connectivity index (χ2v) is 4.90. The normalized spacial score (nSPS) is 16.7. The molecule has 1 unspecified atom stereocenters. The van der Waals surface area contributed by atoms with Gasteiger partial charge in [-0.05, 0) is 17.7 Å². The molecule has 0 radical (unpaired) electrons. The summed E-state index contributed by atoms with van der Waals surface area (Å²) in [6.45, 7) is -0.288. The smallest absolute Gasteiger partial charge is 0.310 e. The highest BCUT2D eigenvalue weighted by Gasteiger charge is 2.14. The molecule has 0 amide bonds. The first kappa shape index (κ1) is 10.4. The maximum absolute atomic E-state index is 10.9. The van der Waals surface area contributed by atoms with Crippen LogP contribution < -0.4 is 5.09 Å². The lowest BCUT2D eigenvalue weighted by atomic mass is 10.3. The van der Waals surface area contributed by atoms with Crippen LogP contribution in [0.25, 0.3) is 0 Å². The predicted octanol–water partition coefficient (Wildman–Crippen LogP) is 2.37. The fourth-order valence-electron chi connectivity index (χ4n) is 0.454. The summed E-state index contributed by atoms with van der Waals surface area (Å²) in [6.07, 6.45) is 2.01. The van der Waals surface area contributed by atoms with Crippen molar-refractivity contribution in [3.8, 4) is 0 Å². The largest absolute Gasteiger partial charge is 0.360 e. The molecule has 0 saturated carbocycles. The monoisotopic (exact) mass is 185 g/mol. The van der Waals surface area contributed by atoms with Crippen molar-refractivity contribution in [2.24, 2.45) is 0 Å². The van der Waals surface area contributed by atoms with Crippen LogP contribution in [0.4, 0.5) is 0 Å². The number of unbranched alkanes of at least 4 members (excludes halogenated alkanes) is 1. The van der Waals surface area contributed by atoms with Crippen LogP contribution in [0.5, 0.6) is 0 Å². The highest BCUT2D eigenvalue weighted by Crippen LogP contribution is 2.46. The van der Waals surface area contributed by atoms with Gasteiger partial charge in [0.25, 0.3) is 0 Å². The second-order valence-electron chi connectivity index (χ2n) is 1.92. The van der Waals surface area contributed by atoms with E-state index < -0.39 is 6.87 Å². The lowest BCUT2D eigenvalue weighted by Gasteiger charge is -2.07. The minimum atomic E-state index is -2.98. The average Bonchev–Trinajstić information content (AvgIpc) is 1.89. The third-order valence-corrected chi connectivity index (χ3v) is 2.91. The quantitative estimate of drug-likeness (QED) is 0.528. The molecule has 5 heteroatoms. The van der Waals surface area contributed by atoms with Gasteiger partial charge in [-0.3, -0.25) is 4.57 Å². The van der Waals surface area contributed by atoms with Crippen LogP contribution in [0.1, 0.15) is 19.8 Å². The number of rotatable bonds is 5. The Morgan fingerprint density at radius 3 is 2.70 bits per heavy atom. The molecule has 0 bridgehead atoms. The predicted molar refractivity (Wildman–Crippen MR) is 43.4 cm³/mol. The summed E-state index contributed by atoms with van der Waals surface area (Å²) in [6, 6.07) is 0. The molecule has 3 nitrogen and oxygen atoms in total. The number of hydrogen-bond acceptors (Lipinski definition) is 2. The van der Waals surface area contributed by atoms with Crippen LogP contribution in [-0.4, -0.2) is 13.7 Å². The topological polar surface area (TPSA) is 38.3 Å². The standard InChI is InChI=1S/C5H13ClNO2P/c1-3-4-5-7-10(6,8)9-2/h3-5H2,1-2H3,(H,7,8). The van der Waals surface area contributed by atoms with Gasteiger partial charge in [-0.15, -0.1) is 0 Å². The summed E-state index contributed by atoms with van der Waals surface area (Å²) >= 11 is 5.38. The van der Waals surface area contributed by atoms with Crippen molar-refractivity contribution in [3.05, 3.63) is 0 Å². The Morgan fingerprint density at radius 1 is 1.70 bits per heavy atom. The van der Waals surface area contributed by atoms with Gasteiger partial charge >= 0.3 is 6.87 Å². The van der Waals surface area contributed by atoms with E-state index in [0.29, 0.717) is 6.54 Å². The average molecular weight is 186 g/mol. The Kier molecular flexibility index (Phi) is 5.36.